The van der Waals surface area contributed by atoms with E-state index in [0.717, 1.165) is 4.47 Å². The van der Waals surface area contributed by atoms with Gasteiger partial charge in [-0.25, -0.2) is 4.79 Å². The summed E-state index contributed by atoms with van der Waals surface area (Å²) in [7, 11) is 0. The molecule has 0 unspecified atom stereocenters. The molecule has 9 heteroatoms. The van der Waals surface area contributed by atoms with Crippen molar-refractivity contribution in [1.29, 1.82) is 0 Å². The molecule has 0 saturated heterocycles. The van der Waals surface area contributed by atoms with Crippen LogP contribution in [0.5, 0.6) is 0 Å². The maximum atomic E-state index is 12.8. The highest BCUT2D eigenvalue weighted by molar-refractivity contribution is 9.10. The van der Waals surface area contributed by atoms with Crippen LogP contribution >= 0.6 is 31.9 Å². The maximum Gasteiger partial charge on any atom is 0.326 e. The number of carboxylic acid groups (broad SMARTS) is 1. The van der Waals surface area contributed by atoms with E-state index in [1.54, 1.807) is 30.3 Å². The van der Waals surface area contributed by atoms with Crippen molar-refractivity contribution in [3.63, 3.8) is 0 Å². The predicted molar refractivity (Wildman–Crippen MR) is 115 cm³/mol. The Bertz CT molecular complexity index is 919. The van der Waals surface area contributed by atoms with E-state index in [9.17, 15) is 19.5 Å². The van der Waals surface area contributed by atoms with Gasteiger partial charge in [-0.2, -0.15) is 0 Å². The maximum absolute atomic E-state index is 12.8. The molecule has 0 aliphatic rings. The second-order valence-corrected chi connectivity index (χ2v) is 8.36. The third-order valence-electron chi connectivity index (χ3n) is 3.78. The average Bonchev–Trinajstić information content (AvgIpc) is 3.08. The van der Waals surface area contributed by atoms with Crippen LogP contribution in [0.25, 0.3) is 6.08 Å². The van der Waals surface area contributed by atoms with Gasteiger partial charge >= 0.3 is 5.97 Å². The zero-order chi connectivity index (χ0) is 21.6. The molecule has 1 aromatic carbocycles. The number of benzene rings is 1. The first-order valence-corrected chi connectivity index (χ1v) is 10.3. The Morgan fingerprint density at radius 1 is 1.10 bits per heavy atom. The Morgan fingerprint density at radius 3 is 2.28 bits per heavy atom. The van der Waals surface area contributed by atoms with Crippen LogP contribution in [-0.2, 0) is 9.59 Å². The van der Waals surface area contributed by atoms with E-state index in [2.05, 4.69) is 42.5 Å². The SMILES string of the molecule is CC(C)C[C@@H](NC(=O)/C(=C\c1ccc(Br)cc1)NC(=O)c1ccc(Br)o1)C(=O)O. The molecule has 0 aliphatic carbocycles. The van der Waals surface area contributed by atoms with Gasteiger partial charge in [0.15, 0.2) is 10.4 Å². The van der Waals surface area contributed by atoms with Gasteiger partial charge in [-0.15, -0.1) is 0 Å². The largest absolute Gasteiger partial charge is 0.480 e. The van der Waals surface area contributed by atoms with Crippen molar-refractivity contribution in [2.75, 3.05) is 0 Å². The van der Waals surface area contributed by atoms with Gasteiger partial charge in [-0.1, -0.05) is 41.9 Å². The Labute approximate surface area is 184 Å². The van der Waals surface area contributed by atoms with Crippen LogP contribution in [0, 0.1) is 5.92 Å². The quantitative estimate of drug-likeness (QED) is 0.446. The van der Waals surface area contributed by atoms with E-state index in [1.165, 1.54) is 12.1 Å². The molecule has 154 valence electrons. The van der Waals surface area contributed by atoms with E-state index in [0.29, 0.717) is 10.2 Å². The highest BCUT2D eigenvalue weighted by Gasteiger charge is 2.24. The number of hydrogen-bond acceptors (Lipinski definition) is 4. The third kappa shape index (κ3) is 7.17. The van der Waals surface area contributed by atoms with Gasteiger partial charge in [-0.05, 0) is 64.2 Å². The topological polar surface area (TPSA) is 109 Å². The lowest BCUT2D eigenvalue weighted by molar-refractivity contribution is -0.141. The van der Waals surface area contributed by atoms with Gasteiger partial charge in [0, 0.05) is 4.47 Å². The summed E-state index contributed by atoms with van der Waals surface area (Å²) in [6.07, 6.45) is 1.72. The van der Waals surface area contributed by atoms with Crippen molar-refractivity contribution in [1.82, 2.24) is 10.6 Å². The Morgan fingerprint density at radius 2 is 1.76 bits per heavy atom. The molecule has 0 aliphatic heterocycles. The zero-order valence-electron chi connectivity index (χ0n) is 15.7. The monoisotopic (exact) mass is 526 g/mol. The zero-order valence-corrected chi connectivity index (χ0v) is 18.9. The summed E-state index contributed by atoms with van der Waals surface area (Å²) >= 11 is 6.45. The van der Waals surface area contributed by atoms with Crippen LogP contribution in [0.1, 0.15) is 36.4 Å². The summed E-state index contributed by atoms with van der Waals surface area (Å²) in [4.78, 5) is 36.7. The first-order valence-electron chi connectivity index (χ1n) is 8.73. The summed E-state index contributed by atoms with van der Waals surface area (Å²) in [5.41, 5.74) is 0.551. The smallest absolute Gasteiger partial charge is 0.326 e. The minimum atomic E-state index is -1.14. The van der Waals surface area contributed by atoms with Gasteiger partial charge in [0.05, 0.1) is 0 Å². The molecule has 2 amide bonds. The van der Waals surface area contributed by atoms with Crippen molar-refractivity contribution in [2.45, 2.75) is 26.3 Å². The number of hydrogen-bond donors (Lipinski definition) is 3. The van der Waals surface area contributed by atoms with Crippen LogP contribution in [0.3, 0.4) is 0 Å². The van der Waals surface area contributed by atoms with Gasteiger partial charge in [-0.3, -0.25) is 9.59 Å². The molecule has 1 aromatic heterocycles. The van der Waals surface area contributed by atoms with Crippen LogP contribution in [0.15, 0.2) is 55.7 Å². The molecule has 0 radical (unpaired) electrons. The van der Waals surface area contributed by atoms with E-state index in [-0.39, 0.29) is 23.8 Å². The van der Waals surface area contributed by atoms with Crippen molar-refractivity contribution < 1.29 is 23.9 Å². The molecule has 29 heavy (non-hydrogen) atoms. The fraction of sp³-hybridized carbons (Fsp3) is 0.250. The molecule has 1 atom stereocenters. The van der Waals surface area contributed by atoms with Gasteiger partial charge < -0.3 is 20.2 Å². The Kier molecular flexibility index (Phi) is 8.21. The summed E-state index contributed by atoms with van der Waals surface area (Å²) in [6, 6.07) is 8.98. The molecule has 0 spiro atoms. The molecular formula is C20H20Br2N2O5. The van der Waals surface area contributed by atoms with E-state index < -0.39 is 23.8 Å². The first kappa shape index (κ1) is 22.9. The predicted octanol–water partition coefficient (Wildman–Crippen LogP) is 4.19. The van der Waals surface area contributed by atoms with Gasteiger partial charge in [0.1, 0.15) is 11.7 Å². The molecule has 3 N–H and O–H groups in total. The minimum absolute atomic E-state index is 0.00310. The standard InChI is InChI=1S/C20H20Br2N2O5/c1-11(2)9-15(20(27)28)24-18(25)14(10-12-3-5-13(21)6-4-12)23-19(26)16-7-8-17(22)29-16/h3-8,10-11,15H,9H2,1-2H3,(H,23,26)(H,24,25)(H,27,28)/b14-10+/t15-/m1/s1. The number of amides is 2. The number of aliphatic carboxylic acids is 1. The van der Waals surface area contributed by atoms with Gasteiger partial charge in [0.2, 0.25) is 0 Å². The average molecular weight is 528 g/mol. The number of furan rings is 1. The molecule has 2 rings (SSSR count). The van der Waals surface area contributed by atoms with Crippen LogP contribution in [0.2, 0.25) is 0 Å². The first-order chi connectivity index (χ1) is 13.7. The molecular weight excluding hydrogens is 508 g/mol. The normalized spacial score (nSPS) is 12.5. The van der Waals surface area contributed by atoms with Crippen LogP contribution < -0.4 is 10.6 Å². The fourth-order valence-electron chi connectivity index (χ4n) is 2.43. The highest BCUT2D eigenvalue weighted by atomic mass is 79.9. The van der Waals surface area contributed by atoms with Crippen LogP contribution in [0.4, 0.5) is 0 Å². The summed E-state index contributed by atoms with van der Waals surface area (Å²) in [5.74, 6) is -2.42. The second-order valence-electron chi connectivity index (χ2n) is 6.66. The molecule has 7 nitrogen and oxygen atoms in total. The fourth-order valence-corrected chi connectivity index (χ4v) is 3.00. The summed E-state index contributed by atoms with van der Waals surface area (Å²) in [5, 5.41) is 14.4. The van der Waals surface area contributed by atoms with E-state index in [1.807, 2.05) is 13.8 Å². The summed E-state index contributed by atoms with van der Waals surface area (Å²) < 4.78 is 6.43. The highest BCUT2D eigenvalue weighted by Crippen LogP contribution is 2.16. The second kappa shape index (κ2) is 10.4. The Hall–Kier alpha value is -2.39. The molecule has 0 saturated carbocycles. The number of nitrogens with one attached hydrogen (secondary N) is 2. The van der Waals surface area contributed by atoms with E-state index in [4.69, 9.17) is 4.42 Å². The Balaban J connectivity index is 2.29. The number of carbonyl (C=O) groups excluding carboxylic acids is 2. The number of halogens is 2. The number of carboxylic acids is 1. The van der Waals surface area contributed by atoms with Crippen molar-refractivity contribution in [3.05, 3.63) is 62.6 Å². The third-order valence-corrected chi connectivity index (χ3v) is 4.74. The van der Waals surface area contributed by atoms with Crippen LogP contribution in [-0.4, -0.2) is 28.9 Å². The lowest BCUT2D eigenvalue weighted by Crippen LogP contribution is -2.45. The molecule has 1 heterocycles. The lowest BCUT2D eigenvalue weighted by Gasteiger charge is -2.18. The summed E-state index contributed by atoms with van der Waals surface area (Å²) in [6.45, 7) is 3.72. The van der Waals surface area contributed by atoms with Gasteiger partial charge in [0.25, 0.3) is 11.8 Å². The molecule has 0 bridgehead atoms. The van der Waals surface area contributed by atoms with Crippen molar-refractivity contribution in [3.8, 4) is 0 Å². The minimum Gasteiger partial charge on any atom is -0.480 e. The van der Waals surface area contributed by atoms with E-state index >= 15 is 0 Å². The number of carbonyl (C=O) groups is 3. The number of rotatable bonds is 8. The van der Waals surface area contributed by atoms with Crippen molar-refractivity contribution >= 4 is 55.7 Å². The lowest BCUT2D eigenvalue weighted by atomic mass is 10.0. The molecule has 2 aromatic rings. The molecule has 0 fully saturated rings. The van der Waals surface area contributed by atoms with Crippen molar-refractivity contribution in [2.24, 2.45) is 5.92 Å².